The second-order valence-corrected chi connectivity index (χ2v) is 6.58. The van der Waals surface area contributed by atoms with Crippen molar-refractivity contribution in [1.29, 1.82) is 0 Å². The van der Waals surface area contributed by atoms with Gasteiger partial charge in [-0.3, -0.25) is 0 Å². The predicted molar refractivity (Wildman–Crippen MR) is 92.7 cm³/mol. The fraction of sp³-hybridized carbons (Fsp3) is 0.444. The van der Waals surface area contributed by atoms with E-state index in [-0.39, 0.29) is 11.3 Å². The van der Waals surface area contributed by atoms with Gasteiger partial charge in [0.25, 0.3) is 0 Å². The zero-order valence-corrected chi connectivity index (χ0v) is 14.3. The molecule has 2 heterocycles. The number of aromatic hydroxyl groups is 1. The molecule has 24 heavy (non-hydrogen) atoms. The molecule has 0 amide bonds. The van der Waals surface area contributed by atoms with E-state index in [2.05, 4.69) is 27.5 Å². The lowest BCUT2D eigenvalue weighted by Crippen LogP contribution is -2.39. The molecule has 1 saturated heterocycles. The Hall–Kier alpha value is -2.21. The van der Waals surface area contributed by atoms with Crippen LogP contribution in [0.4, 0.5) is 10.2 Å². The highest BCUT2D eigenvalue weighted by atomic mass is 19.1. The van der Waals surface area contributed by atoms with Gasteiger partial charge in [-0.15, -0.1) is 10.2 Å². The molecule has 1 aromatic heterocycles. The van der Waals surface area contributed by atoms with Gasteiger partial charge in [-0.1, -0.05) is 0 Å². The van der Waals surface area contributed by atoms with Crippen molar-refractivity contribution < 1.29 is 9.50 Å². The number of piperidine rings is 1. The quantitative estimate of drug-likeness (QED) is 0.905. The van der Waals surface area contributed by atoms with E-state index in [0.717, 1.165) is 30.9 Å². The molecule has 1 aromatic carbocycles. The average molecular weight is 330 g/mol. The van der Waals surface area contributed by atoms with E-state index < -0.39 is 5.82 Å². The van der Waals surface area contributed by atoms with Crippen molar-refractivity contribution in [1.82, 2.24) is 15.1 Å². The number of hydrogen-bond acceptors (Lipinski definition) is 5. The Labute approximate surface area is 141 Å². The van der Waals surface area contributed by atoms with Gasteiger partial charge < -0.3 is 15.3 Å². The summed E-state index contributed by atoms with van der Waals surface area (Å²) in [6.07, 6.45) is 2.28. The van der Waals surface area contributed by atoms with Gasteiger partial charge in [0.15, 0.2) is 0 Å². The van der Waals surface area contributed by atoms with E-state index in [9.17, 15) is 9.50 Å². The first-order valence-electron chi connectivity index (χ1n) is 8.23. The number of hydrogen-bond donors (Lipinski definition) is 2. The van der Waals surface area contributed by atoms with Gasteiger partial charge in [0.05, 0.1) is 5.69 Å². The van der Waals surface area contributed by atoms with Gasteiger partial charge in [-0.2, -0.15) is 0 Å². The monoisotopic (exact) mass is 330 g/mol. The van der Waals surface area contributed by atoms with Crippen LogP contribution in [0.1, 0.15) is 24.0 Å². The summed E-state index contributed by atoms with van der Waals surface area (Å²) in [6, 6.07) is 5.17. The van der Waals surface area contributed by atoms with Crippen LogP contribution < -0.4 is 5.32 Å². The molecule has 5 nitrogen and oxygen atoms in total. The smallest absolute Gasteiger partial charge is 0.149 e. The third kappa shape index (κ3) is 3.33. The molecule has 128 valence electrons. The van der Waals surface area contributed by atoms with Crippen molar-refractivity contribution in [3.05, 3.63) is 35.1 Å². The Morgan fingerprint density at radius 3 is 2.79 bits per heavy atom. The van der Waals surface area contributed by atoms with Crippen LogP contribution in [-0.2, 0) is 0 Å². The lowest BCUT2D eigenvalue weighted by atomic mass is 10.0. The van der Waals surface area contributed by atoms with Gasteiger partial charge >= 0.3 is 0 Å². The number of likely N-dealkylation sites (N-methyl/N-ethyl adjacent to an activating group) is 1. The predicted octanol–water partition coefficient (Wildman–Crippen LogP) is 3.11. The van der Waals surface area contributed by atoms with E-state index in [1.54, 1.807) is 6.92 Å². The standard InChI is InChI=1S/C18H23FN4O/c1-11-9-16(20-13-5-4-8-23(3)10-13)21-22-17(11)14-6-7-15(19)12(2)18(14)24/h6-7,9,13,24H,4-5,8,10H2,1-3H3,(H,20,21)/t13-/m1/s1. The molecule has 0 bridgehead atoms. The van der Waals surface area contributed by atoms with Crippen LogP contribution in [0.15, 0.2) is 18.2 Å². The fourth-order valence-corrected chi connectivity index (χ4v) is 3.18. The van der Waals surface area contributed by atoms with Crippen LogP contribution in [0, 0.1) is 19.7 Å². The molecule has 0 aliphatic carbocycles. The van der Waals surface area contributed by atoms with Crippen molar-refractivity contribution in [3.63, 3.8) is 0 Å². The lowest BCUT2D eigenvalue weighted by molar-refractivity contribution is 0.260. The minimum atomic E-state index is -0.429. The van der Waals surface area contributed by atoms with Gasteiger partial charge in [-0.05, 0) is 64.0 Å². The van der Waals surface area contributed by atoms with Crippen molar-refractivity contribution >= 4 is 5.82 Å². The number of aryl methyl sites for hydroxylation is 1. The third-order valence-corrected chi connectivity index (χ3v) is 4.58. The number of anilines is 1. The minimum absolute atomic E-state index is 0.0815. The lowest BCUT2D eigenvalue weighted by Gasteiger charge is -2.30. The molecule has 0 unspecified atom stereocenters. The van der Waals surface area contributed by atoms with Crippen molar-refractivity contribution in [2.24, 2.45) is 0 Å². The molecule has 0 saturated carbocycles. The number of nitrogens with zero attached hydrogens (tertiary/aromatic N) is 3. The molecular formula is C18H23FN4O. The maximum absolute atomic E-state index is 13.5. The molecular weight excluding hydrogens is 307 g/mol. The molecule has 1 aliphatic heterocycles. The number of benzene rings is 1. The maximum Gasteiger partial charge on any atom is 0.149 e. The number of aromatic nitrogens is 2. The van der Waals surface area contributed by atoms with Crippen molar-refractivity contribution in [2.45, 2.75) is 32.7 Å². The number of likely N-dealkylation sites (tertiary alicyclic amines) is 1. The molecule has 1 atom stereocenters. The van der Waals surface area contributed by atoms with Gasteiger partial charge in [0.2, 0.25) is 0 Å². The Bertz CT molecular complexity index is 750. The Morgan fingerprint density at radius 1 is 1.29 bits per heavy atom. The fourth-order valence-electron chi connectivity index (χ4n) is 3.18. The summed E-state index contributed by atoms with van der Waals surface area (Å²) in [5.74, 6) is 0.221. The largest absolute Gasteiger partial charge is 0.507 e. The molecule has 2 aromatic rings. The number of nitrogens with one attached hydrogen (secondary N) is 1. The summed E-state index contributed by atoms with van der Waals surface area (Å²) < 4.78 is 13.5. The Kier molecular flexibility index (Phi) is 4.66. The van der Waals surface area contributed by atoms with E-state index in [4.69, 9.17) is 0 Å². The van der Waals surface area contributed by atoms with Crippen LogP contribution in [0.5, 0.6) is 5.75 Å². The first kappa shape index (κ1) is 16.6. The van der Waals surface area contributed by atoms with E-state index >= 15 is 0 Å². The second-order valence-electron chi connectivity index (χ2n) is 6.58. The van der Waals surface area contributed by atoms with Gasteiger partial charge in [0.1, 0.15) is 17.4 Å². The first-order chi connectivity index (χ1) is 11.5. The zero-order chi connectivity index (χ0) is 17.3. The average Bonchev–Trinajstić information content (AvgIpc) is 2.54. The number of phenolic OH excluding ortho intramolecular Hbond substituents is 1. The second kappa shape index (κ2) is 6.73. The summed E-state index contributed by atoms with van der Waals surface area (Å²) in [6.45, 7) is 5.58. The van der Waals surface area contributed by atoms with Crippen LogP contribution in [0.2, 0.25) is 0 Å². The summed E-state index contributed by atoms with van der Waals surface area (Å²) in [5.41, 5.74) is 2.18. The number of rotatable bonds is 3. The van der Waals surface area contributed by atoms with Crippen LogP contribution in [0.3, 0.4) is 0 Å². The first-order valence-corrected chi connectivity index (χ1v) is 8.23. The van der Waals surface area contributed by atoms with Crippen LogP contribution in [0.25, 0.3) is 11.3 Å². The maximum atomic E-state index is 13.5. The number of halogens is 1. The van der Waals surface area contributed by atoms with Crippen molar-refractivity contribution in [3.8, 4) is 17.0 Å². The molecule has 6 heteroatoms. The van der Waals surface area contributed by atoms with Crippen LogP contribution >= 0.6 is 0 Å². The highest BCUT2D eigenvalue weighted by Crippen LogP contribution is 2.34. The van der Waals surface area contributed by atoms with Gasteiger partial charge in [-0.25, -0.2) is 4.39 Å². The summed E-state index contributed by atoms with van der Waals surface area (Å²) in [4.78, 5) is 2.30. The summed E-state index contributed by atoms with van der Waals surface area (Å²) in [7, 11) is 2.12. The molecule has 2 N–H and O–H groups in total. The number of phenols is 1. The topological polar surface area (TPSA) is 61.3 Å². The summed E-state index contributed by atoms with van der Waals surface area (Å²) >= 11 is 0. The normalized spacial score (nSPS) is 18.6. The Morgan fingerprint density at radius 2 is 2.08 bits per heavy atom. The molecule has 1 fully saturated rings. The molecule has 1 aliphatic rings. The molecule has 0 spiro atoms. The third-order valence-electron chi connectivity index (χ3n) is 4.58. The Balaban J connectivity index is 1.84. The van der Waals surface area contributed by atoms with E-state index in [1.165, 1.54) is 18.6 Å². The zero-order valence-electron chi connectivity index (χ0n) is 14.3. The van der Waals surface area contributed by atoms with Crippen molar-refractivity contribution in [2.75, 3.05) is 25.5 Å². The van der Waals surface area contributed by atoms with E-state index in [0.29, 0.717) is 17.3 Å². The van der Waals surface area contributed by atoms with Gasteiger partial charge in [0, 0.05) is 23.7 Å². The van der Waals surface area contributed by atoms with E-state index in [1.807, 2.05) is 13.0 Å². The highest BCUT2D eigenvalue weighted by Gasteiger charge is 2.19. The highest BCUT2D eigenvalue weighted by molar-refractivity contribution is 5.71. The molecule has 0 radical (unpaired) electrons. The summed E-state index contributed by atoms with van der Waals surface area (Å²) in [5, 5.41) is 22.1. The molecule has 3 rings (SSSR count). The van der Waals surface area contributed by atoms with Crippen LogP contribution in [-0.4, -0.2) is 46.4 Å². The SMILES string of the molecule is Cc1cc(N[C@@H]2CCCN(C)C2)nnc1-c1ccc(F)c(C)c1O. The minimum Gasteiger partial charge on any atom is -0.507 e.